The Morgan fingerprint density at radius 1 is 1.56 bits per heavy atom. The average Bonchev–Trinajstić information content (AvgIpc) is 1.60. The molecule has 0 radical (unpaired) electrons. The molecule has 0 aromatic rings. The van der Waals surface area contributed by atoms with Gasteiger partial charge in [0, 0.05) is 12.8 Å². The lowest BCUT2D eigenvalue weighted by Crippen LogP contribution is -2.32. The molecule has 0 amide bonds. The quantitative estimate of drug-likeness (QED) is 0.565. The van der Waals surface area contributed by atoms with Gasteiger partial charge < -0.3 is 4.74 Å². The molecule has 0 bridgehead atoms. The van der Waals surface area contributed by atoms with Crippen molar-refractivity contribution in [2.24, 2.45) is 0 Å². The van der Waals surface area contributed by atoms with Crippen molar-refractivity contribution in [3.63, 3.8) is 0 Å². The van der Waals surface area contributed by atoms with E-state index in [1.165, 1.54) is 0 Å². The van der Waals surface area contributed by atoms with Crippen LogP contribution in [-0.4, -0.2) is 18.5 Å². The topological polar surface area (TPSA) is 26.3 Å². The van der Waals surface area contributed by atoms with Crippen LogP contribution in [-0.2, 0) is 9.53 Å². The van der Waals surface area contributed by atoms with Crippen LogP contribution in [0.25, 0.3) is 0 Å². The molecule has 52 valence electrons. The number of alkyl halides is 2. The maximum Gasteiger partial charge on any atom is 0.345 e. The number of carbonyl (C=O) groups excluding carboxylic acids is 1. The first-order chi connectivity index (χ1) is 4.18. The standard InChI is InChI=1S/C5H6F2O2/c6-5(7)9-4-1-3(8)2-4/h4-5H,1-2H2. The van der Waals surface area contributed by atoms with Gasteiger partial charge in [-0.15, -0.1) is 0 Å². The van der Waals surface area contributed by atoms with E-state index in [9.17, 15) is 13.6 Å². The summed E-state index contributed by atoms with van der Waals surface area (Å²) in [5, 5.41) is 0. The number of halogens is 2. The lowest BCUT2D eigenvalue weighted by atomic mass is 9.94. The maximum atomic E-state index is 11.3. The van der Waals surface area contributed by atoms with Crippen molar-refractivity contribution >= 4 is 5.78 Å². The van der Waals surface area contributed by atoms with E-state index in [1.807, 2.05) is 0 Å². The molecular formula is C5H6F2O2. The fourth-order valence-electron chi connectivity index (χ4n) is 0.690. The molecule has 0 unspecified atom stereocenters. The average molecular weight is 136 g/mol. The number of carbonyl (C=O) groups is 1. The third kappa shape index (κ3) is 1.71. The number of ether oxygens (including phenoxy) is 1. The first-order valence-corrected chi connectivity index (χ1v) is 2.64. The van der Waals surface area contributed by atoms with E-state index in [4.69, 9.17) is 0 Å². The van der Waals surface area contributed by atoms with E-state index in [0.717, 1.165) is 0 Å². The van der Waals surface area contributed by atoms with Crippen molar-refractivity contribution in [2.45, 2.75) is 25.6 Å². The Bertz CT molecular complexity index is 116. The van der Waals surface area contributed by atoms with Crippen LogP contribution in [0.1, 0.15) is 12.8 Å². The molecule has 0 spiro atoms. The van der Waals surface area contributed by atoms with Gasteiger partial charge in [0.05, 0.1) is 6.10 Å². The van der Waals surface area contributed by atoms with Crippen LogP contribution in [0, 0.1) is 0 Å². The molecule has 0 atom stereocenters. The summed E-state index contributed by atoms with van der Waals surface area (Å²) in [5.41, 5.74) is 0. The summed E-state index contributed by atoms with van der Waals surface area (Å²) in [6, 6.07) is 0. The molecule has 4 heteroatoms. The van der Waals surface area contributed by atoms with Gasteiger partial charge in [0.1, 0.15) is 5.78 Å². The fourth-order valence-corrected chi connectivity index (χ4v) is 0.690. The van der Waals surface area contributed by atoms with E-state index in [0.29, 0.717) is 0 Å². The minimum Gasteiger partial charge on any atom is -0.319 e. The summed E-state index contributed by atoms with van der Waals surface area (Å²) in [6.07, 6.45) is -0.202. The van der Waals surface area contributed by atoms with Crippen molar-refractivity contribution in [3.05, 3.63) is 0 Å². The minimum absolute atomic E-state index is 0.000602. The molecule has 1 fully saturated rings. The molecule has 0 aliphatic heterocycles. The third-order valence-electron chi connectivity index (χ3n) is 1.21. The van der Waals surface area contributed by atoms with Crippen LogP contribution in [0.15, 0.2) is 0 Å². The molecular weight excluding hydrogens is 130 g/mol. The van der Waals surface area contributed by atoms with Gasteiger partial charge in [0.25, 0.3) is 0 Å². The van der Waals surface area contributed by atoms with Crippen LogP contribution >= 0.6 is 0 Å². The smallest absolute Gasteiger partial charge is 0.319 e. The van der Waals surface area contributed by atoms with Crippen LogP contribution < -0.4 is 0 Å². The first-order valence-electron chi connectivity index (χ1n) is 2.64. The van der Waals surface area contributed by atoms with Gasteiger partial charge in [-0.05, 0) is 0 Å². The Hall–Kier alpha value is -0.510. The van der Waals surface area contributed by atoms with E-state index in [2.05, 4.69) is 4.74 Å². The molecule has 1 rings (SSSR count). The second-order valence-corrected chi connectivity index (χ2v) is 1.97. The van der Waals surface area contributed by atoms with Crippen molar-refractivity contribution in [3.8, 4) is 0 Å². The number of rotatable bonds is 2. The Balaban J connectivity index is 2.11. The number of ketones is 1. The predicted molar refractivity (Wildman–Crippen MR) is 25.1 cm³/mol. The number of hydrogen-bond acceptors (Lipinski definition) is 2. The Morgan fingerprint density at radius 2 is 2.11 bits per heavy atom. The zero-order valence-corrected chi connectivity index (χ0v) is 4.64. The molecule has 2 nitrogen and oxygen atoms in total. The van der Waals surface area contributed by atoms with Crippen LogP contribution in [0.5, 0.6) is 0 Å². The minimum atomic E-state index is -2.73. The molecule has 1 aliphatic rings. The van der Waals surface area contributed by atoms with Crippen LogP contribution in [0.4, 0.5) is 8.78 Å². The maximum absolute atomic E-state index is 11.3. The van der Waals surface area contributed by atoms with Gasteiger partial charge in [-0.25, -0.2) is 0 Å². The first kappa shape index (κ1) is 6.61. The van der Waals surface area contributed by atoms with E-state index in [1.54, 1.807) is 0 Å². The second kappa shape index (κ2) is 2.39. The predicted octanol–water partition coefficient (Wildman–Crippen LogP) is 0.957. The summed E-state index contributed by atoms with van der Waals surface area (Å²) in [5.74, 6) is 0.000602. The highest BCUT2D eigenvalue weighted by Gasteiger charge is 2.29. The normalized spacial score (nSPS) is 20.6. The SMILES string of the molecule is O=C1CC(OC(F)F)C1. The Morgan fingerprint density at radius 3 is 2.44 bits per heavy atom. The highest BCUT2D eigenvalue weighted by molar-refractivity contribution is 5.85. The van der Waals surface area contributed by atoms with E-state index < -0.39 is 12.7 Å². The monoisotopic (exact) mass is 136 g/mol. The molecule has 0 aromatic carbocycles. The molecule has 1 aliphatic carbocycles. The van der Waals surface area contributed by atoms with Crippen LogP contribution in [0.3, 0.4) is 0 Å². The summed E-state index contributed by atoms with van der Waals surface area (Å²) in [6.45, 7) is -2.73. The number of Topliss-reactive ketones (excluding diaryl/α,β-unsaturated/α-hetero) is 1. The van der Waals surface area contributed by atoms with Crippen molar-refractivity contribution in [1.29, 1.82) is 0 Å². The van der Waals surface area contributed by atoms with Gasteiger partial charge in [-0.2, -0.15) is 8.78 Å². The summed E-state index contributed by atoms with van der Waals surface area (Å²) in [4.78, 5) is 10.2. The summed E-state index contributed by atoms with van der Waals surface area (Å²) >= 11 is 0. The van der Waals surface area contributed by atoms with Crippen molar-refractivity contribution in [1.82, 2.24) is 0 Å². The third-order valence-corrected chi connectivity index (χ3v) is 1.21. The second-order valence-electron chi connectivity index (χ2n) is 1.97. The summed E-state index contributed by atoms with van der Waals surface area (Å²) in [7, 11) is 0. The molecule has 0 heterocycles. The van der Waals surface area contributed by atoms with Gasteiger partial charge in [-0.3, -0.25) is 4.79 Å². The van der Waals surface area contributed by atoms with Gasteiger partial charge in [0.15, 0.2) is 0 Å². The largest absolute Gasteiger partial charge is 0.345 e. The van der Waals surface area contributed by atoms with Crippen molar-refractivity contribution < 1.29 is 18.3 Å². The zero-order chi connectivity index (χ0) is 6.85. The van der Waals surface area contributed by atoms with E-state index in [-0.39, 0.29) is 18.6 Å². The zero-order valence-electron chi connectivity index (χ0n) is 4.64. The van der Waals surface area contributed by atoms with Gasteiger partial charge in [0.2, 0.25) is 0 Å². The van der Waals surface area contributed by atoms with Gasteiger partial charge in [-0.1, -0.05) is 0 Å². The highest BCUT2D eigenvalue weighted by Crippen LogP contribution is 2.20. The fraction of sp³-hybridized carbons (Fsp3) is 0.800. The molecule has 0 saturated heterocycles. The molecule has 1 saturated carbocycles. The molecule has 9 heavy (non-hydrogen) atoms. The Labute approximate surface area is 50.8 Å². The van der Waals surface area contributed by atoms with E-state index >= 15 is 0 Å². The van der Waals surface area contributed by atoms with Gasteiger partial charge >= 0.3 is 6.61 Å². The molecule has 0 N–H and O–H groups in total. The van der Waals surface area contributed by atoms with Crippen LogP contribution in [0.2, 0.25) is 0 Å². The highest BCUT2D eigenvalue weighted by atomic mass is 19.3. The lowest BCUT2D eigenvalue weighted by Gasteiger charge is -2.23. The van der Waals surface area contributed by atoms with Crippen molar-refractivity contribution in [2.75, 3.05) is 0 Å². The Kier molecular flexibility index (Phi) is 1.75. The molecule has 0 aromatic heterocycles. The lowest BCUT2D eigenvalue weighted by molar-refractivity contribution is -0.183. The number of hydrogen-bond donors (Lipinski definition) is 0. The summed E-state index contributed by atoms with van der Waals surface area (Å²) < 4.78 is 26.6.